The van der Waals surface area contributed by atoms with Gasteiger partial charge in [0.1, 0.15) is 11.6 Å². The molecule has 2 aromatic carbocycles. The third-order valence-corrected chi connectivity index (χ3v) is 4.30. The fraction of sp³-hybridized carbons (Fsp3) is 0.176. The first kappa shape index (κ1) is 17.9. The van der Waals surface area contributed by atoms with Crippen LogP contribution >= 0.6 is 11.8 Å². The Morgan fingerprint density at radius 2 is 1.88 bits per heavy atom. The van der Waals surface area contributed by atoms with Crippen LogP contribution in [-0.2, 0) is 5.75 Å². The summed E-state index contributed by atoms with van der Waals surface area (Å²) in [7, 11) is 0. The molecule has 0 unspecified atom stereocenters. The molecule has 7 nitrogen and oxygen atoms in total. The predicted octanol–water partition coefficient (Wildman–Crippen LogP) is 4.55. The molecule has 0 aliphatic carbocycles. The molecule has 1 atom stereocenters. The van der Waals surface area contributed by atoms with Crippen molar-refractivity contribution in [1.82, 2.24) is 10.2 Å². The zero-order chi connectivity index (χ0) is 18.5. The van der Waals surface area contributed by atoms with Gasteiger partial charge in [-0.3, -0.25) is 10.1 Å². The molecular weight excluding hydrogens is 361 g/mol. The van der Waals surface area contributed by atoms with Crippen LogP contribution in [0.25, 0.3) is 0 Å². The molecule has 1 aromatic heterocycles. The van der Waals surface area contributed by atoms with Gasteiger partial charge in [-0.1, -0.05) is 23.9 Å². The summed E-state index contributed by atoms with van der Waals surface area (Å²) in [6.07, 6.45) is -0.485. The number of halogens is 1. The number of nitrogens with zero attached hydrogens (tertiary/aromatic N) is 3. The van der Waals surface area contributed by atoms with Crippen molar-refractivity contribution in [2.24, 2.45) is 0 Å². The summed E-state index contributed by atoms with van der Waals surface area (Å²) in [6, 6.07) is 11.9. The summed E-state index contributed by atoms with van der Waals surface area (Å²) < 4.78 is 24.1. The van der Waals surface area contributed by atoms with E-state index in [2.05, 4.69) is 10.2 Å². The number of non-ortho nitro benzene ring substituents is 1. The maximum Gasteiger partial charge on any atom is 0.277 e. The molecule has 0 saturated carbocycles. The van der Waals surface area contributed by atoms with Gasteiger partial charge in [-0.05, 0) is 36.8 Å². The first-order chi connectivity index (χ1) is 12.5. The van der Waals surface area contributed by atoms with Gasteiger partial charge in [0.05, 0.1) is 4.92 Å². The summed E-state index contributed by atoms with van der Waals surface area (Å²) in [4.78, 5) is 10.2. The second-order valence-electron chi connectivity index (χ2n) is 5.33. The number of hydrogen-bond donors (Lipinski definition) is 0. The van der Waals surface area contributed by atoms with E-state index in [1.54, 1.807) is 19.1 Å². The van der Waals surface area contributed by atoms with Crippen molar-refractivity contribution in [3.05, 3.63) is 75.9 Å². The molecule has 0 radical (unpaired) electrons. The third kappa shape index (κ3) is 4.57. The van der Waals surface area contributed by atoms with E-state index in [1.807, 2.05) is 0 Å². The van der Waals surface area contributed by atoms with Crippen LogP contribution < -0.4 is 4.74 Å². The molecule has 134 valence electrons. The Hall–Kier alpha value is -2.94. The molecule has 1 heterocycles. The quantitative estimate of drug-likeness (QED) is 0.340. The lowest BCUT2D eigenvalue weighted by molar-refractivity contribution is -0.384. The fourth-order valence-corrected chi connectivity index (χ4v) is 2.80. The Balaban J connectivity index is 1.56. The molecule has 3 aromatic rings. The van der Waals surface area contributed by atoms with Crippen molar-refractivity contribution in [2.75, 3.05) is 0 Å². The van der Waals surface area contributed by atoms with E-state index in [-0.39, 0.29) is 11.5 Å². The zero-order valence-corrected chi connectivity index (χ0v) is 14.5. The number of rotatable bonds is 7. The number of aromatic nitrogens is 2. The van der Waals surface area contributed by atoms with E-state index >= 15 is 0 Å². The molecule has 3 rings (SSSR count). The van der Waals surface area contributed by atoms with Gasteiger partial charge in [0.25, 0.3) is 16.8 Å². The SMILES string of the molecule is C[C@H](Oc1ccc(F)cc1)c1nnc(SCc2ccc([N+](=O)[O-])cc2)o1. The van der Waals surface area contributed by atoms with E-state index < -0.39 is 11.0 Å². The highest BCUT2D eigenvalue weighted by atomic mass is 32.2. The number of ether oxygens (including phenoxy) is 1. The van der Waals surface area contributed by atoms with Gasteiger partial charge in [0.2, 0.25) is 0 Å². The van der Waals surface area contributed by atoms with Crippen LogP contribution in [0.4, 0.5) is 10.1 Å². The van der Waals surface area contributed by atoms with Crippen LogP contribution in [0.1, 0.15) is 24.5 Å². The number of thioether (sulfide) groups is 1. The van der Waals surface area contributed by atoms with Gasteiger partial charge < -0.3 is 9.15 Å². The van der Waals surface area contributed by atoms with E-state index in [1.165, 1.54) is 48.2 Å². The molecule has 0 bridgehead atoms. The van der Waals surface area contributed by atoms with E-state index in [9.17, 15) is 14.5 Å². The predicted molar refractivity (Wildman–Crippen MR) is 92.4 cm³/mol. The summed E-state index contributed by atoms with van der Waals surface area (Å²) in [5.41, 5.74) is 0.946. The van der Waals surface area contributed by atoms with Crippen LogP contribution in [0.5, 0.6) is 5.75 Å². The maximum atomic E-state index is 12.9. The Morgan fingerprint density at radius 3 is 2.54 bits per heavy atom. The topological polar surface area (TPSA) is 91.3 Å². The highest BCUT2D eigenvalue weighted by Crippen LogP contribution is 2.26. The van der Waals surface area contributed by atoms with E-state index in [0.717, 1.165) is 5.56 Å². The largest absolute Gasteiger partial charge is 0.481 e. The van der Waals surface area contributed by atoms with E-state index in [0.29, 0.717) is 22.6 Å². The van der Waals surface area contributed by atoms with Crippen molar-refractivity contribution < 1.29 is 18.5 Å². The Morgan fingerprint density at radius 1 is 1.19 bits per heavy atom. The van der Waals surface area contributed by atoms with Crippen molar-refractivity contribution in [2.45, 2.75) is 24.0 Å². The minimum Gasteiger partial charge on any atom is -0.481 e. The number of nitro groups is 1. The molecule has 26 heavy (non-hydrogen) atoms. The van der Waals surface area contributed by atoms with Crippen LogP contribution in [0.2, 0.25) is 0 Å². The second-order valence-corrected chi connectivity index (χ2v) is 6.26. The Bertz CT molecular complexity index is 884. The first-order valence-electron chi connectivity index (χ1n) is 7.63. The van der Waals surface area contributed by atoms with Gasteiger partial charge in [-0.25, -0.2) is 4.39 Å². The van der Waals surface area contributed by atoms with Crippen molar-refractivity contribution >= 4 is 17.4 Å². The van der Waals surface area contributed by atoms with Gasteiger partial charge in [-0.2, -0.15) is 0 Å². The van der Waals surface area contributed by atoms with Crippen molar-refractivity contribution in [3.8, 4) is 5.75 Å². The first-order valence-corrected chi connectivity index (χ1v) is 8.61. The molecule has 0 aliphatic rings. The summed E-state index contributed by atoms with van der Waals surface area (Å²) in [5.74, 6) is 0.998. The molecule has 0 spiro atoms. The van der Waals surface area contributed by atoms with Crippen LogP contribution in [0.3, 0.4) is 0 Å². The van der Waals surface area contributed by atoms with Gasteiger partial charge in [0, 0.05) is 17.9 Å². The lowest BCUT2D eigenvalue weighted by Gasteiger charge is -2.10. The average molecular weight is 375 g/mol. The summed E-state index contributed by atoms with van der Waals surface area (Å²) >= 11 is 1.32. The third-order valence-electron chi connectivity index (χ3n) is 3.41. The molecule has 0 fully saturated rings. The fourth-order valence-electron chi connectivity index (χ4n) is 2.07. The van der Waals surface area contributed by atoms with Gasteiger partial charge in [-0.15, -0.1) is 10.2 Å². The molecule has 0 aliphatic heterocycles. The average Bonchev–Trinajstić information content (AvgIpc) is 3.11. The molecule has 9 heteroatoms. The Labute approximate surface area is 152 Å². The van der Waals surface area contributed by atoms with Crippen molar-refractivity contribution in [3.63, 3.8) is 0 Å². The van der Waals surface area contributed by atoms with Crippen LogP contribution in [0, 0.1) is 15.9 Å². The summed E-state index contributed by atoms with van der Waals surface area (Å²) in [6.45, 7) is 1.75. The number of nitro benzene ring substituents is 1. The standard InChI is InChI=1S/C17H14FN3O4S/c1-11(24-15-8-4-13(18)5-9-15)16-19-20-17(25-16)26-10-12-2-6-14(7-3-12)21(22)23/h2-9,11H,10H2,1H3/t11-/m0/s1. The minimum absolute atomic E-state index is 0.0468. The van der Waals surface area contributed by atoms with Crippen LogP contribution in [0.15, 0.2) is 58.2 Å². The smallest absolute Gasteiger partial charge is 0.277 e. The van der Waals surface area contributed by atoms with E-state index in [4.69, 9.17) is 9.15 Å². The zero-order valence-electron chi connectivity index (χ0n) is 13.7. The molecular formula is C17H14FN3O4S. The second kappa shape index (κ2) is 7.96. The van der Waals surface area contributed by atoms with Crippen molar-refractivity contribution in [1.29, 1.82) is 0 Å². The molecule has 0 amide bonds. The van der Waals surface area contributed by atoms with Crippen LogP contribution in [-0.4, -0.2) is 15.1 Å². The highest BCUT2D eigenvalue weighted by molar-refractivity contribution is 7.98. The molecule has 0 saturated heterocycles. The minimum atomic E-state index is -0.485. The normalized spacial score (nSPS) is 11.9. The monoisotopic (exact) mass is 375 g/mol. The summed E-state index contributed by atoms with van der Waals surface area (Å²) in [5, 5.41) is 18.9. The lowest BCUT2D eigenvalue weighted by Crippen LogP contribution is -2.03. The van der Waals surface area contributed by atoms with Gasteiger partial charge >= 0.3 is 0 Å². The number of hydrogen-bond acceptors (Lipinski definition) is 7. The van der Waals surface area contributed by atoms with Gasteiger partial charge in [0.15, 0.2) is 6.10 Å². The Kier molecular flexibility index (Phi) is 5.47. The molecule has 0 N–H and O–H groups in total. The number of benzene rings is 2. The highest BCUT2D eigenvalue weighted by Gasteiger charge is 2.16. The lowest BCUT2D eigenvalue weighted by atomic mass is 10.2. The maximum absolute atomic E-state index is 12.9.